The standard InChI is InChI=1S/C6H5ClS9.ClH.Zn/c7-9-5-3-1-2-4-6(5)10-12-14-16-15-13-11-8;;/h1-4,8H;1H;/q;;+2/p-2. The Morgan fingerprint density at radius 3 is 2.06 bits per heavy atom. The summed E-state index contributed by atoms with van der Waals surface area (Å²) in [5.41, 5.74) is 0. The van der Waals surface area contributed by atoms with Crippen molar-refractivity contribution >= 4 is 103 Å². The quantitative estimate of drug-likeness (QED) is 0.219. The Morgan fingerprint density at radius 2 is 1.44 bits per heavy atom. The van der Waals surface area contributed by atoms with Crippen molar-refractivity contribution in [1.82, 2.24) is 0 Å². The maximum atomic E-state index is 5.77. The summed E-state index contributed by atoms with van der Waals surface area (Å²) in [6.07, 6.45) is 0. The average Bonchev–Trinajstić information content (AvgIpc) is 2.34. The van der Waals surface area contributed by atoms with Crippen LogP contribution < -0.4 is 12.4 Å². The smallest absolute Gasteiger partial charge is 1.00 e. The fraction of sp³-hybridized carbons (Fsp3) is 0. The molecule has 0 spiro atoms. The summed E-state index contributed by atoms with van der Waals surface area (Å²) in [4.78, 5) is 2.31. The van der Waals surface area contributed by atoms with Crippen LogP contribution in [0.15, 0.2) is 34.1 Å². The maximum Gasteiger partial charge on any atom is 2.00 e. The van der Waals surface area contributed by atoms with Crippen molar-refractivity contribution in [2.75, 3.05) is 0 Å². The normalized spacial score (nSPS) is 9.44. The molecule has 0 radical (unpaired) electrons. The van der Waals surface area contributed by atoms with Gasteiger partial charge in [0.1, 0.15) is 0 Å². The summed E-state index contributed by atoms with van der Waals surface area (Å²) >= 11 is 4.75. The number of rotatable bonds is 8. The van der Waals surface area contributed by atoms with Gasteiger partial charge in [0.15, 0.2) is 0 Å². The molecule has 1 aromatic rings. The predicted octanol–water partition coefficient (Wildman–Crippen LogP) is 4.38. The van der Waals surface area contributed by atoms with Crippen LogP contribution in [-0.2, 0) is 31.1 Å². The monoisotopic (exact) mass is 498 g/mol. The van der Waals surface area contributed by atoms with Crippen molar-refractivity contribution < 1.29 is 31.9 Å². The first kappa shape index (κ1) is 23.8. The first-order chi connectivity index (χ1) is 7.88. The van der Waals surface area contributed by atoms with E-state index in [4.69, 9.17) is 22.3 Å². The summed E-state index contributed by atoms with van der Waals surface area (Å²) in [6.45, 7) is 0. The molecule has 98 valence electrons. The molecule has 0 fully saturated rings. The van der Waals surface area contributed by atoms with Gasteiger partial charge in [-0.15, -0.1) is 0 Å². The van der Waals surface area contributed by atoms with E-state index < -0.39 is 0 Å². The topological polar surface area (TPSA) is 0 Å². The van der Waals surface area contributed by atoms with Crippen LogP contribution in [0.5, 0.6) is 0 Å². The van der Waals surface area contributed by atoms with E-state index in [1.54, 1.807) is 59.9 Å². The SMILES string of the molecule is [Cl-].[S-]SSSSSSSc1ccccc1SCl.[Zn+2]. The molecular weight excluding hydrogens is 497 g/mol. The van der Waals surface area contributed by atoms with E-state index in [-0.39, 0.29) is 31.9 Å². The molecule has 0 nitrogen and oxygen atoms in total. The Labute approximate surface area is 166 Å². The molecule has 0 unspecified atom stereocenters. The maximum absolute atomic E-state index is 5.77. The van der Waals surface area contributed by atoms with Crippen LogP contribution in [0.3, 0.4) is 0 Å². The van der Waals surface area contributed by atoms with Gasteiger partial charge in [-0.3, -0.25) is 9.83 Å². The van der Waals surface area contributed by atoms with Gasteiger partial charge < -0.3 is 24.1 Å². The zero-order valence-electron chi connectivity index (χ0n) is 8.45. The second-order valence-electron chi connectivity index (χ2n) is 2.02. The van der Waals surface area contributed by atoms with E-state index in [1.807, 2.05) is 18.2 Å². The number of hydrogen-bond donors (Lipinski definition) is 0. The molecule has 0 N–H and O–H groups in total. The van der Waals surface area contributed by atoms with Crippen LogP contribution in [0.25, 0.3) is 0 Å². The van der Waals surface area contributed by atoms with Crippen molar-refractivity contribution in [2.24, 2.45) is 0 Å². The zero-order valence-corrected chi connectivity index (χ0v) is 20.3. The number of hydrogen-bond acceptors (Lipinski definition) is 9. The number of halogens is 2. The molecule has 0 saturated carbocycles. The second kappa shape index (κ2) is 16.9. The second-order valence-corrected chi connectivity index (χ2v) is 14.8. The minimum absolute atomic E-state index is 0. The van der Waals surface area contributed by atoms with Crippen LogP contribution in [0.4, 0.5) is 0 Å². The summed E-state index contributed by atoms with van der Waals surface area (Å²) < 4.78 is 0. The summed E-state index contributed by atoms with van der Waals surface area (Å²) in [5, 5.41) is 0. The van der Waals surface area contributed by atoms with E-state index in [1.165, 1.54) is 25.7 Å². The molecule has 0 aliphatic heterocycles. The zero-order chi connectivity index (χ0) is 11.6. The van der Waals surface area contributed by atoms with E-state index in [9.17, 15) is 0 Å². The molecule has 0 saturated heterocycles. The molecule has 12 heteroatoms. The predicted molar refractivity (Wildman–Crippen MR) is 96.9 cm³/mol. The van der Waals surface area contributed by atoms with Gasteiger partial charge in [-0.2, -0.15) is 0 Å². The van der Waals surface area contributed by atoms with Crippen molar-refractivity contribution in [2.45, 2.75) is 9.79 Å². The molecule has 0 aromatic heterocycles. The largest absolute Gasteiger partial charge is 2.00 e. The van der Waals surface area contributed by atoms with Crippen LogP contribution >= 0.6 is 91.4 Å². The van der Waals surface area contributed by atoms with Gasteiger partial charge in [0, 0.05) is 9.79 Å². The van der Waals surface area contributed by atoms with Crippen LogP contribution in [0.1, 0.15) is 0 Å². The molecule has 0 aliphatic carbocycles. The third kappa shape index (κ3) is 11.2. The van der Waals surface area contributed by atoms with Gasteiger partial charge >= 0.3 is 19.5 Å². The van der Waals surface area contributed by atoms with Crippen molar-refractivity contribution in [3.8, 4) is 0 Å². The van der Waals surface area contributed by atoms with Crippen molar-refractivity contribution in [3.63, 3.8) is 0 Å². The molecule has 0 aliphatic rings. The van der Waals surface area contributed by atoms with Gasteiger partial charge in [-0.05, 0) is 93.7 Å². The van der Waals surface area contributed by atoms with E-state index in [0.717, 1.165) is 4.90 Å². The summed E-state index contributed by atoms with van der Waals surface area (Å²) in [7, 11) is 18.6. The molecule has 0 heterocycles. The third-order valence-electron chi connectivity index (χ3n) is 1.19. The van der Waals surface area contributed by atoms with Gasteiger partial charge in [0.25, 0.3) is 0 Å². The Morgan fingerprint density at radius 1 is 0.889 bits per heavy atom. The van der Waals surface area contributed by atoms with Crippen molar-refractivity contribution in [1.29, 1.82) is 0 Å². The van der Waals surface area contributed by atoms with Crippen molar-refractivity contribution in [3.05, 3.63) is 24.3 Å². The van der Waals surface area contributed by atoms with Crippen LogP contribution in [-0.4, -0.2) is 0 Å². The summed E-state index contributed by atoms with van der Waals surface area (Å²) in [6, 6.07) is 8.12. The van der Waals surface area contributed by atoms with Gasteiger partial charge in [0.2, 0.25) is 0 Å². The number of benzene rings is 1. The Kier molecular flexibility index (Phi) is 22.4. The molecule has 0 atom stereocenters. The fourth-order valence-electron chi connectivity index (χ4n) is 0.679. The van der Waals surface area contributed by atoms with Gasteiger partial charge in [0.05, 0.1) is 0 Å². The van der Waals surface area contributed by atoms with Gasteiger partial charge in [-0.1, -0.05) is 12.1 Å². The molecule has 1 rings (SSSR count). The minimum Gasteiger partial charge on any atom is -1.00 e. The van der Waals surface area contributed by atoms with Gasteiger partial charge in [-0.25, -0.2) is 0 Å². The van der Waals surface area contributed by atoms with E-state index in [0.29, 0.717) is 0 Å². The molecule has 0 bridgehead atoms. The molecule has 1 aromatic carbocycles. The Hall–Kier alpha value is 3.57. The minimum atomic E-state index is 0. The van der Waals surface area contributed by atoms with E-state index in [2.05, 4.69) is 6.07 Å². The third-order valence-corrected chi connectivity index (χ3v) is 15.4. The van der Waals surface area contributed by atoms with Crippen LogP contribution in [0.2, 0.25) is 0 Å². The Bertz CT molecular complexity index is 304. The first-order valence-corrected chi connectivity index (χ1v) is 14.9. The van der Waals surface area contributed by atoms with E-state index >= 15 is 0 Å². The van der Waals surface area contributed by atoms with Crippen LogP contribution in [0, 0.1) is 0 Å². The Balaban J connectivity index is 0. The molecular formula is C6H4Cl2S9Zn. The molecule has 0 amide bonds. The average molecular weight is 501 g/mol. The summed E-state index contributed by atoms with van der Waals surface area (Å²) in [5.74, 6) is 0. The fourth-order valence-corrected chi connectivity index (χ4v) is 15.7. The molecule has 18 heavy (non-hydrogen) atoms. The first-order valence-electron chi connectivity index (χ1n) is 3.56.